The molecule has 1 aliphatic heterocycles. The number of benzene rings is 1. The molecule has 2 atom stereocenters. The van der Waals surface area contributed by atoms with Crippen molar-refractivity contribution in [3.8, 4) is 0 Å². The normalized spacial score (nSPS) is 23.0. The zero-order valence-corrected chi connectivity index (χ0v) is 12.7. The SMILES string of the molecule is CCC(C(=O)N1CCC(CC)(C(=O)O)C1)c1ccccc1. The Morgan fingerprint density at radius 3 is 2.43 bits per heavy atom. The van der Waals surface area contributed by atoms with Crippen molar-refractivity contribution < 1.29 is 14.7 Å². The van der Waals surface area contributed by atoms with E-state index in [-0.39, 0.29) is 11.8 Å². The van der Waals surface area contributed by atoms with E-state index in [9.17, 15) is 14.7 Å². The minimum atomic E-state index is -0.784. The van der Waals surface area contributed by atoms with Crippen LogP contribution in [0.4, 0.5) is 0 Å². The maximum atomic E-state index is 12.7. The summed E-state index contributed by atoms with van der Waals surface area (Å²) in [6.07, 6.45) is 1.84. The molecule has 1 fully saturated rings. The van der Waals surface area contributed by atoms with E-state index in [1.54, 1.807) is 4.90 Å². The third-order valence-electron chi connectivity index (χ3n) is 4.70. The highest BCUT2D eigenvalue weighted by Crippen LogP contribution is 2.36. The van der Waals surface area contributed by atoms with Crippen LogP contribution >= 0.6 is 0 Å². The van der Waals surface area contributed by atoms with Gasteiger partial charge in [-0.15, -0.1) is 0 Å². The predicted octanol–water partition coefficient (Wildman–Crippen LogP) is 2.89. The zero-order valence-electron chi connectivity index (χ0n) is 12.7. The van der Waals surface area contributed by atoms with Gasteiger partial charge in [0, 0.05) is 13.1 Å². The molecule has 1 aliphatic rings. The standard InChI is InChI=1S/C17H23NO3/c1-3-14(13-8-6-5-7-9-13)15(19)18-11-10-17(4-2,12-18)16(20)21/h5-9,14H,3-4,10-12H2,1-2H3,(H,20,21). The van der Waals surface area contributed by atoms with Gasteiger partial charge in [0.05, 0.1) is 11.3 Å². The van der Waals surface area contributed by atoms with Crippen molar-refractivity contribution >= 4 is 11.9 Å². The number of carboxylic acid groups (broad SMARTS) is 1. The van der Waals surface area contributed by atoms with Gasteiger partial charge in [0.15, 0.2) is 0 Å². The number of likely N-dealkylation sites (tertiary alicyclic amines) is 1. The lowest BCUT2D eigenvalue weighted by Crippen LogP contribution is -2.38. The Bertz CT molecular complexity index is 514. The van der Waals surface area contributed by atoms with E-state index in [1.165, 1.54) is 0 Å². The smallest absolute Gasteiger partial charge is 0.311 e. The molecule has 0 saturated carbocycles. The van der Waals surface area contributed by atoms with Crippen LogP contribution in [0.2, 0.25) is 0 Å². The van der Waals surface area contributed by atoms with Gasteiger partial charge in [0.25, 0.3) is 0 Å². The Morgan fingerprint density at radius 2 is 1.95 bits per heavy atom. The maximum Gasteiger partial charge on any atom is 0.311 e. The molecule has 1 saturated heterocycles. The second-order valence-corrected chi connectivity index (χ2v) is 5.82. The minimum absolute atomic E-state index is 0.0558. The minimum Gasteiger partial charge on any atom is -0.481 e. The van der Waals surface area contributed by atoms with E-state index in [4.69, 9.17) is 0 Å². The fourth-order valence-corrected chi connectivity index (χ4v) is 3.13. The monoisotopic (exact) mass is 289 g/mol. The van der Waals surface area contributed by atoms with Crippen molar-refractivity contribution in [3.05, 3.63) is 35.9 Å². The molecule has 1 aromatic carbocycles. The molecule has 0 aliphatic carbocycles. The summed E-state index contributed by atoms with van der Waals surface area (Å²) in [6.45, 7) is 4.76. The van der Waals surface area contributed by atoms with E-state index in [0.29, 0.717) is 25.9 Å². The lowest BCUT2D eigenvalue weighted by Gasteiger charge is -2.26. The molecule has 0 aromatic heterocycles. The first-order valence-corrected chi connectivity index (χ1v) is 7.61. The number of carboxylic acids is 1. The van der Waals surface area contributed by atoms with Gasteiger partial charge < -0.3 is 10.0 Å². The molecule has 21 heavy (non-hydrogen) atoms. The van der Waals surface area contributed by atoms with E-state index >= 15 is 0 Å². The van der Waals surface area contributed by atoms with Crippen LogP contribution in [-0.2, 0) is 9.59 Å². The summed E-state index contributed by atoms with van der Waals surface area (Å²) >= 11 is 0. The molecule has 2 unspecified atom stereocenters. The van der Waals surface area contributed by atoms with Crippen LogP contribution < -0.4 is 0 Å². The molecule has 1 amide bonds. The van der Waals surface area contributed by atoms with Gasteiger partial charge in [0.1, 0.15) is 0 Å². The topological polar surface area (TPSA) is 57.6 Å². The van der Waals surface area contributed by atoms with E-state index < -0.39 is 11.4 Å². The fraction of sp³-hybridized carbons (Fsp3) is 0.529. The average molecular weight is 289 g/mol. The fourth-order valence-electron chi connectivity index (χ4n) is 3.13. The highest BCUT2D eigenvalue weighted by atomic mass is 16.4. The van der Waals surface area contributed by atoms with Crippen LogP contribution in [0.25, 0.3) is 0 Å². The van der Waals surface area contributed by atoms with Crippen LogP contribution in [-0.4, -0.2) is 35.0 Å². The third kappa shape index (κ3) is 2.94. The van der Waals surface area contributed by atoms with Crippen molar-refractivity contribution in [2.45, 2.75) is 39.0 Å². The van der Waals surface area contributed by atoms with Gasteiger partial charge in [-0.2, -0.15) is 0 Å². The summed E-state index contributed by atoms with van der Waals surface area (Å²) in [5, 5.41) is 9.44. The molecule has 114 valence electrons. The Balaban J connectivity index is 2.15. The summed E-state index contributed by atoms with van der Waals surface area (Å²) in [5.41, 5.74) is 0.249. The molecule has 4 nitrogen and oxygen atoms in total. The molecular weight excluding hydrogens is 266 g/mol. The number of rotatable bonds is 5. The Morgan fingerprint density at radius 1 is 1.29 bits per heavy atom. The lowest BCUT2D eigenvalue weighted by molar-refractivity contribution is -0.148. The number of aliphatic carboxylic acids is 1. The number of hydrogen-bond donors (Lipinski definition) is 1. The quantitative estimate of drug-likeness (QED) is 0.906. The predicted molar refractivity (Wildman–Crippen MR) is 81.0 cm³/mol. The van der Waals surface area contributed by atoms with Crippen LogP contribution in [0.15, 0.2) is 30.3 Å². The van der Waals surface area contributed by atoms with E-state index in [0.717, 1.165) is 12.0 Å². The van der Waals surface area contributed by atoms with Gasteiger partial charge in [-0.05, 0) is 24.8 Å². The molecule has 0 radical (unpaired) electrons. The van der Waals surface area contributed by atoms with Crippen molar-refractivity contribution in [2.75, 3.05) is 13.1 Å². The molecule has 1 aromatic rings. The van der Waals surface area contributed by atoms with Crippen LogP contribution in [0.5, 0.6) is 0 Å². The molecular formula is C17H23NO3. The second kappa shape index (κ2) is 6.29. The Labute approximate surface area is 125 Å². The number of carbonyl (C=O) groups excluding carboxylic acids is 1. The van der Waals surface area contributed by atoms with Gasteiger partial charge in [-0.25, -0.2) is 0 Å². The summed E-state index contributed by atoms with van der Waals surface area (Å²) in [4.78, 5) is 26.0. The number of hydrogen-bond acceptors (Lipinski definition) is 2. The molecule has 4 heteroatoms. The van der Waals surface area contributed by atoms with Crippen molar-refractivity contribution in [1.82, 2.24) is 4.90 Å². The van der Waals surface area contributed by atoms with Gasteiger partial charge in [0.2, 0.25) is 5.91 Å². The maximum absolute atomic E-state index is 12.7. The second-order valence-electron chi connectivity index (χ2n) is 5.82. The van der Waals surface area contributed by atoms with E-state index in [2.05, 4.69) is 0 Å². The first-order valence-electron chi connectivity index (χ1n) is 7.61. The summed E-state index contributed by atoms with van der Waals surface area (Å²) < 4.78 is 0. The van der Waals surface area contributed by atoms with Crippen molar-refractivity contribution in [2.24, 2.45) is 5.41 Å². The lowest BCUT2D eigenvalue weighted by atomic mass is 9.84. The van der Waals surface area contributed by atoms with Crippen LogP contribution in [0, 0.1) is 5.41 Å². The van der Waals surface area contributed by atoms with Crippen LogP contribution in [0.3, 0.4) is 0 Å². The molecule has 2 rings (SSSR count). The zero-order chi connectivity index (χ0) is 15.5. The number of nitrogens with zero attached hydrogens (tertiary/aromatic N) is 1. The van der Waals surface area contributed by atoms with Gasteiger partial charge in [-0.3, -0.25) is 9.59 Å². The van der Waals surface area contributed by atoms with E-state index in [1.807, 2.05) is 44.2 Å². The molecule has 1 N–H and O–H groups in total. The van der Waals surface area contributed by atoms with Gasteiger partial charge in [-0.1, -0.05) is 44.2 Å². The molecule has 0 spiro atoms. The van der Waals surface area contributed by atoms with Crippen molar-refractivity contribution in [3.63, 3.8) is 0 Å². The first-order chi connectivity index (χ1) is 10.0. The van der Waals surface area contributed by atoms with Gasteiger partial charge >= 0.3 is 5.97 Å². The Kier molecular flexibility index (Phi) is 4.66. The highest BCUT2D eigenvalue weighted by Gasteiger charge is 2.45. The molecule has 1 heterocycles. The Hall–Kier alpha value is -1.84. The first kappa shape index (κ1) is 15.5. The summed E-state index contributed by atoms with van der Waals surface area (Å²) in [6, 6.07) is 9.73. The largest absolute Gasteiger partial charge is 0.481 e. The number of amides is 1. The molecule has 0 bridgehead atoms. The summed E-state index contributed by atoms with van der Waals surface area (Å²) in [7, 11) is 0. The third-order valence-corrected chi connectivity index (χ3v) is 4.70. The number of carbonyl (C=O) groups is 2. The summed E-state index contributed by atoms with van der Waals surface area (Å²) in [5.74, 6) is -0.902. The highest BCUT2D eigenvalue weighted by molar-refractivity contribution is 5.85. The average Bonchev–Trinajstić information content (AvgIpc) is 2.95. The van der Waals surface area contributed by atoms with Crippen LogP contribution in [0.1, 0.15) is 44.6 Å². The van der Waals surface area contributed by atoms with Crippen molar-refractivity contribution in [1.29, 1.82) is 0 Å².